The maximum absolute atomic E-state index is 5.90. The highest BCUT2D eigenvalue weighted by Gasteiger charge is 2.27. The van der Waals surface area contributed by atoms with Crippen LogP contribution in [0.4, 0.5) is 0 Å². The number of rotatable bonds is 6. The Hall–Kier alpha value is -1.59. The third-order valence-electron chi connectivity index (χ3n) is 4.25. The minimum Gasteiger partial charge on any atom is -0.472 e. The molecule has 2 aliphatic rings. The molecule has 21 heavy (non-hydrogen) atoms. The van der Waals surface area contributed by atoms with E-state index in [-0.39, 0.29) is 6.10 Å². The number of hydrogen-bond donors (Lipinski definition) is 1. The first kappa shape index (κ1) is 13.1. The highest BCUT2D eigenvalue weighted by molar-refractivity contribution is 5.22. The van der Waals surface area contributed by atoms with Gasteiger partial charge in [0, 0.05) is 31.4 Å². The van der Waals surface area contributed by atoms with Gasteiger partial charge < -0.3 is 14.5 Å². The largest absolute Gasteiger partial charge is 0.472 e. The van der Waals surface area contributed by atoms with Crippen LogP contribution in [0.5, 0.6) is 0 Å². The van der Waals surface area contributed by atoms with Crippen molar-refractivity contribution in [2.45, 2.75) is 38.5 Å². The Morgan fingerprint density at radius 2 is 2.33 bits per heavy atom. The van der Waals surface area contributed by atoms with E-state index < -0.39 is 0 Å². The molecule has 1 saturated carbocycles. The third kappa shape index (κ3) is 3.04. The van der Waals surface area contributed by atoms with Gasteiger partial charge in [-0.25, -0.2) is 0 Å². The molecule has 0 aromatic carbocycles. The first-order valence-corrected chi connectivity index (χ1v) is 7.78. The standard InChI is InChI=1S/C16H21N3O2/c1-2-12(1)9-19-10-14-4-6-21-15(16(14)18-19)8-17-7-13-3-5-20-11-13/h3,5,10-12,15,17H,1-2,4,6-9H2. The Labute approximate surface area is 124 Å². The van der Waals surface area contributed by atoms with Crippen molar-refractivity contribution in [1.82, 2.24) is 15.1 Å². The minimum atomic E-state index is 0.0705. The maximum Gasteiger partial charge on any atom is 0.114 e. The Balaban J connectivity index is 1.38. The predicted molar refractivity (Wildman–Crippen MR) is 77.8 cm³/mol. The predicted octanol–water partition coefficient (Wildman–Crippen LogP) is 2.29. The van der Waals surface area contributed by atoms with Crippen LogP contribution in [0.25, 0.3) is 0 Å². The van der Waals surface area contributed by atoms with Crippen LogP contribution in [-0.2, 0) is 24.2 Å². The van der Waals surface area contributed by atoms with E-state index in [2.05, 4.69) is 16.2 Å². The molecule has 0 spiro atoms. The van der Waals surface area contributed by atoms with E-state index >= 15 is 0 Å². The fourth-order valence-electron chi connectivity index (χ4n) is 2.89. The zero-order valence-corrected chi connectivity index (χ0v) is 12.1. The number of nitrogens with zero attached hydrogens (tertiary/aromatic N) is 2. The van der Waals surface area contributed by atoms with E-state index in [9.17, 15) is 0 Å². The molecule has 0 bridgehead atoms. The van der Waals surface area contributed by atoms with Crippen LogP contribution in [-0.4, -0.2) is 22.9 Å². The summed E-state index contributed by atoms with van der Waals surface area (Å²) in [5.41, 5.74) is 3.64. The fourth-order valence-corrected chi connectivity index (χ4v) is 2.89. The minimum absolute atomic E-state index is 0.0705. The molecule has 1 aliphatic heterocycles. The smallest absolute Gasteiger partial charge is 0.114 e. The summed E-state index contributed by atoms with van der Waals surface area (Å²) < 4.78 is 13.1. The molecule has 2 aromatic rings. The molecule has 0 radical (unpaired) electrons. The van der Waals surface area contributed by atoms with Gasteiger partial charge in [-0.3, -0.25) is 4.68 Å². The lowest BCUT2D eigenvalue weighted by Crippen LogP contribution is -2.27. The molecule has 1 aliphatic carbocycles. The molecule has 0 saturated heterocycles. The summed E-state index contributed by atoms with van der Waals surface area (Å²) in [6.45, 7) is 3.45. The van der Waals surface area contributed by atoms with Crippen molar-refractivity contribution >= 4 is 0 Å². The summed E-state index contributed by atoms with van der Waals surface area (Å²) in [7, 11) is 0. The number of aromatic nitrogens is 2. The van der Waals surface area contributed by atoms with E-state index in [1.165, 1.54) is 18.4 Å². The third-order valence-corrected chi connectivity index (χ3v) is 4.25. The number of hydrogen-bond acceptors (Lipinski definition) is 4. The van der Waals surface area contributed by atoms with Gasteiger partial charge in [-0.2, -0.15) is 5.10 Å². The van der Waals surface area contributed by atoms with Gasteiger partial charge in [-0.05, 0) is 36.8 Å². The molecule has 1 atom stereocenters. The van der Waals surface area contributed by atoms with Gasteiger partial charge in [-0.15, -0.1) is 0 Å². The topological polar surface area (TPSA) is 52.2 Å². The highest BCUT2D eigenvalue weighted by atomic mass is 16.5. The van der Waals surface area contributed by atoms with Gasteiger partial charge in [-0.1, -0.05) is 0 Å². The van der Waals surface area contributed by atoms with Gasteiger partial charge in [0.25, 0.3) is 0 Å². The van der Waals surface area contributed by atoms with E-state index in [1.807, 2.05) is 6.07 Å². The van der Waals surface area contributed by atoms with Crippen molar-refractivity contribution < 1.29 is 9.15 Å². The van der Waals surface area contributed by atoms with Crippen LogP contribution in [0.2, 0.25) is 0 Å². The summed E-state index contributed by atoms with van der Waals surface area (Å²) in [5.74, 6) is 0.852. The molecule has 5 nitrogen and oxygen atoms in total. The maximum atomic E-state index is 5.90. The van der Waals surface area contributed by atoms with Crippen LogP contribution in [0.3, 0.4) is 0 Å². The SMILES string of the molecule is c1cc(CNCC2OCCc3cn(CC4CC4)nc32)co1. The lowest BCUT2D eigenvalue weighted by Gasteiger charge is -2.22. The number of fused-ring (bicyclic) bond motifs is 1. The van der Waals surface area contributed by atoms with E-state index in [4.69, 9.17) is 14.3 Å². The van der Waals surface area contributed by atoms with Crippen LogP contribution >= 0.6 is 0 Å². The second-order valence-electron chi connectivity index (χ2n) is 6.08. The fraction of sp³-hybridized carbons (Fsp3) is 0.562. The van der Waals surface area contributed by atoms with Gasteiger partial charge in [0.15, 0.2) is 0 Å². The Morgan fingerprint density at radius 1 is 1.38 bits per heavy atom. The van der Waals surface area contributed by atoms with Gasteiger partial charge in [0.1, 0.15) is 6.10 Å². The van der Waals surface area contributed by atoms with Crippen molar-refractivity contribution in [3.63, 3.8) is 0 Å². The molecule has 2 aromatic heterocycles. The number of furan rings is 1. The van der Waals surface area contributed by atoms with Crippen molar-refractivity contribution in [3.05, 3.63) is 41.6 Å². The first-order valence-electron chi connectivity index (χ1n) is 7.78. The molecule has 1 fully saturated rings. The van der Waals surface area contributed by atoms with Crippen LogP contribution in [0.15, 0.2) is 29.2 Å². The first-order chi connectivity index (χ1) is 10.4. The quantitative estimate of drug-likeness (QED) is 0.885. The molecule has 112 valence electrons. The molecule has 1 N–H and O–H groups in total. The average molecular weight is 287 g/mol. The Bertz CT molecular complexity index is 587. The van der Waals surface area contributed by atoms with Crippen molar-refractivity contribution in [2.24, 2.45) is 5.92 Å². The zero-order valence-electron chi connectivity index (χ0n) is 12.1. The lowest BCUT2D eigenvalue weighted by molar-refractivity contribution is 0.0392. The Morgan fingerprint density at radius 3 is 3.14 bits per heavy atom. The monoisotopic (exact) mass is 287 g/mol. The van der Waals surface area contributed by atoms with Crippen LogP contribution in [0.1, 0.15) is 35.8 Å². The summed E-state index contributed by atoms with van der Waals surface area (Å²) in [6.07, 6.45) is 9.46. The normalized spacial score (nSPS) is 21.4. The van der Waals surface area contributed by atoms with Crippen molar-refractivity contribution in [1.29, 1.82) is 0 Å². The van der Waals surface area contributed by atoms with Crippen molar-refractivity contribution in [2.75, 3.05) is 13.2 Å². The average Bonchev–Trinajstić information content (AvgIpc) is 3.00. The summed E-state index contributed by atoms with van der Waals surface area (Å²) in [5, 5.41) is 8.19. The van der Waals surface area contributed by atoms with Crippen LogP contribution < -0.4 is 5.32 Å². The molecule has 3 heterocycles. The van der Waals surface area contributed by atoms with Gasteiger partial charge in [0.2, 0.25) is 0 Å². The summed E-state index contributed by atoms with van der Waals surface area (Å²) >= 11 is 0. The van der Waals surface area contributed by atoms with Crippen molar-refractivity contribution in [3.8, 4) is 0 Å². The molecule has 1 unspecified atom stereocenters. The van der Waals surface area contributed by atoms with E-state index in [1.54, 1.807) is 12.5 Å². The molecule has 0 amide bonds. The van der Waals surface area contributed by atoms with E-state index in [0.717, 1.165) is 49.8 Å². The highest BCUT2D eigenvalue weighted by Crippen LogP contribution is 2.32. The summed E-state index contributed by atoms with van der Waals surface area (Å²) in [6, 6.07) is 1.98. The van der Waals surface area contributed by atoms with Gasteiger partial charge >= 0.3 is 0 Å². The second kappa shape index (κ2) is 5.66. The molecule has 4 rings (SSSR count). The molecular formula is C16H21N3O2. The number of nitrogens with one attached hydrogen (secondary N) is 1. The molecular weight excluding hydrogens is 266 g/mol. The Kier molecular flexibility index (Phi) is 3.53. The second-order valence-corrected chi connectivity index (χ2v) is 6.08. The number of ether oxygens (including phenoxy) is 1. The van der Waals surface area contributed by atoms with Crippen LogP contribution in [0, 0.1) is 5.92 Å². The van der Waals surface area contributed by atoms with E-state index in [0.29, 0.717) is 0 Å². The molecule has 5 heteroatoms. The lowest BCUT2D eigenvalue weighted by atomic mass is 10.1. The van der Waals surface area contributed by atoms with Gasteiger partial charge in [0.05, 0.1) is 24.8 Å². The zero-order chi connectivity index (χ0) is 14.1. The summed E-state index contributed by atoms with van der Waals surface area (Å²) in [4.78, 5) is 0.